The molecule has 1 N–H and O–H groups in total. The van der Waals surface area contributed by atoms with Crippen molar-refractivity contribution in [2.45, 2.75) is 45.6 Å². The predicted molar refractivity (Wildman–Crippen MR) is 140 cm³/mol. The van der Waals surface area contributed by atoms with Crippen molar-refractivity contribution in [2.75, 3.05) is 19.8 Å². The first-order valence-corrected chi connectivity index (χ1v) is 12.5. The number of unbranched alkanes of at least 4 members (excludes halogenated alkanes) is 1. The van der Waals surface area contributed by atoms with Crippen molar-refractivity contribution < 1.29 is 14.3 Å². The van der Waals surface area contributed by atoms with E-state index in [1.807, 2.05) is 61.7 Å². The Morgan fingerprint density at radius 2 is 2.14 bits per heavy atom. The molecule has 1 aliphatic heterocycles. The summed E-state index contributed by atoms with van der Waals surface area (Å²) in [6.07, 6.45) is 7.45. The predicted octanol–water partition coefficient (Wildman–Crippen LogP) is 5.23. The van der Waals surface area contributed by atoms with Crippen LogP contribution in [-0.4, -0.2) is 41.6 Å². The van der Waals surface area contributed by atoms with Gasteiger partial charge in [-0.3, -0.25) is 4.79 Å². The Morgan fingerprint density at radius 1 is 1.31 bits per heavy atom. The van der Waals surface area contributed by atoms with Crippen molar-refractivity contribution in [3.63, 3.8) is 0 Å². The number of ether oxygens (including phenoxy) is 2. The lowest BCUT2D eigenvalue weighted by molar-refractivity contribution is -0.117. The molecule has 0 unspecified atom stereocenters. The van der Waals surface area contributed by atoms with Crippen molar-refractivity contribution in [1.29, 1.82) is 5.26 Å². The van der Waals surface area contributed by atoms with Crippen LogP contribution in [0.15, 0.2) is 60.3 Å². The molecule has 1 aromatic heterocycles. The molecule has 2 heterocycles. The lowest BCUT2D eigenvalue weighted by Crippen LogP contribution is -2.32. The monoisotopic (exact) mass is 484 g/mol. The number of aromatic nitrogens is 2. The fraction of sp³-hybridized carbons (Fsp3) is 0.345. The van der Waals surface area contributed by atoms with Gasteiger partial charge in [-0.05, 0) is 68.2 Å². The van der Waals surface area contributed by atoms with E-state index in [2.05, 4.69) is 18.3 Å². The molecular weight excluding hydrogens is 452 g/mol. The number of carbonyl (C=O) groups is 1. The Bertz CT molecular complexity index is 1250. The number of nitrogens with one attached hydrogen (secondary N) is 1. The molecule has 7 heteroatoms. The van der Waals surface area contributed by atoms with Crippen LogP contribution < -0.4 is 10.1 Å². The fourth-order valence-electron chi connectivity index (χ4n) is 4.15. The average molecular weight is 485 g/mol. The molecule has 0 aliphatic carbocycles. The maximum atomic E-state index is 12.8. The molecule has 1 amide bonds. The highest BCUT2D eigenvalue weighted by atomic mass is 16.5. The zero-order valence-corrected chi connectivity index (χ0v) is 20.9. The zero-order valence-electron chi connectivity index (χ0n) is 20.9. The van der Waals surface area contributed by atoms with Crippen LogP contribution >= 0.6 is 0 Å². The van der Waals surface area contributed by atoms with E-state index in [9.17, 15) is 10.1 Å². The van der Waals surface area contributed by atoms with Gasteiger partial charge in [0.05, 0.1) is 18.4 Å². The van der Waals surface area contributed by atoms with E-state index >= 15 is 0 Å². The number of benzene rings is 2. The van der Waals surface area contributed by atoms with Gasteiger partial charge in [-0.2, -0.15) is 10.4 Å². The maximum Gasteiger partial charge on any atom is 0.262 e. The molecule has 4 rings (SSSR count). The number of amides is 1. The van der Waals surface area contributed by atoms with Gasteiger partial charge in [-0.25, -0.2) is 4.68 Å². The van der Waals surface area contributed by atoms with Gasteiger partial charge in [0.15, 0.2) is 0 Å². The molecule has 0 radical (unpaired) electrons. The number of aryl methyl sites for hydroxylation is 1. The largest absolute Gasteiger partial charge is 0.494 e. The normalized spacial score (nSPS) is 15.5. The molecular formula is C29H32N4O3. The van der Waals surface area contributed by atoms with E-state index in [-0.39, 0.29) is 11.7 Å². The Balaban J connectivity index is 1.66. The van der Waals surface area contributed by atoms with Crippen LogP contribution in [0.4, 0.5) is 0 Å². The second-order valence-corrected chi connectivity index (χ2v) is 8.91. The number of nitriles is 1. The van der Waals surface area contributed by atoms with Crippen molar-refractivity contribution in [3.05, 3.63) is 71.4 Å². The van der Waals surface area contributed by atoms with Crippen LogP contribution in [0.3, 0.4) is 0 Å². The van der Waals surface area contributed by atoms with Gasteiger partial charge in [0.1, 0.15) is 23.1 Å². The maximum absolute atomic E-state index is 12.8. The molecule has 3 aromatic rings. The van der Waals surface area contributed by atoms with Gasteiger partial charge in [0, 0.05) is 30.5 Å². The Kier molecular flexibility index (Phi) is 8.53. The molecule has 2 aromatic carbocycles. The van der Waals surface area contributed by atoms with E-state index in [0.717, 1.165) is 48.2 Å². The highest BCUT2D eigenvalue weighted by molar-refractivity contribution is 6.02. The van der Waals surface area contributed by atoms with Crippen LogP contribution in [0.1, 0.15) is 43.7 Å². The third kappa shape index (κ3) is 6.21. The Labute approximate surface area is 212 Å². The van der Waals surface area contributed by atoms with Crippen molar-refractivity contribution in [3.8, 4) is 28.8 Å². The lowest BCUT2D eigenvalue weighted by atomic mass is 10.0. The molecule has 1 atom stereocenters. The molecule has 36 heavy (non-hydrogen) atoms. The summed E-state index contributed by atoms with van der Waals surface area (Å²) in [4.78, 5) is 12.8. The molecule has 7 nitrogen and oxygen atoms in total. The molecule has 0 bridgehead atoms. The Hall–Kier alpha value is -3.89. The fourth-order valence-corrected chi connectivity index (χ4v) is 4.15. The smallest absolute Gasteiger partial charge is 0.262 e. The molecule has 0 saturated carbocycles. The number of hydrogen-bond donors (Lipinski definition) is 1. The number of hydrogen-bond acceptors (Lipinski definition) is 5. The van der Waals surface area contributed by atoms with E-state index in [4.69, 9.17) is 14.6 Å². The summed E-state index contributed by atoms with van der Waals surface area (Å²) in [5.41, 5.74) is 4.20. The van der Waals surface area contributed by atoms with Crippen LogP contribution in [-0.2, 0) is 9.53 Å². The van der Waals surface area contributed by atoms with Gasteiger partial charge < -0.3 is 14.8 Å². The van der Waals surface area contributed by atoms with Crippen LogP contribution in [0, 0.1) is 18.3 Å². The lowest BCUT2D eigenvalue weighted by Gasteiger charge is -2.10. The number of rotatable bonds is 10. The third-order valence-corrected chi connectivity index (χ3v) is 6.16. The Morgan fingerprint density at radius 3 is 2.83 bits per heavy atom. The SMILES string of the molecule is CCCCOc1ccc(-c2nn(-c3ccccc3)cc2/C=C(/C#N)C(=O)NC[C@@H]2CCCO2)c(C)c1. The second-order valence-electron chi connectivity index (χ2n) is 8.91. The average Bonchev–Trinajstić information content (AvgIpc) is 3.57. The quantitative estimate of drug-likeness (QED) is 0.242. The minimum absolute atomic E-state index is 0.00555. The minimum Gasteiger partial charge on any atom is -0.494 e. The van der Waals surface area contributed by atoms with E-state index in [0.29, 0.717) is 31.0 Å². The highest BCUT2D eigenvalue weighted by Gasteiger charge is 2.19. The summed E-state index contributed by atoms with van der Waals surface area (Å²) in [5, 5.41) is 17.5. The molecule has 1 fully saturated rings. The topological polar surface area (TPSA) is 89.2 Å². The van der Waals surface area contributed by atoms with E-state index in [1.165, 1.54) is 0 Å². The van der Waals surface area contributed by atoms with Crippen LogP contribution in [0.2, 0.25) is 0 Å². The first-order valence-electron chi connectivity index (χ1n) is 12.5. The number of para-hydroxylation sites is 1. The molecule has 1 aliphatic rings. The summed E-state index contributed by atoms with van der Waals surface area (Å²) >= 11 is 0. The first-order chi connectivity index (χ1) is 17.6. The molecule has 0 spiro atoms. The van der Waals surface area contributed by atoms with Crippen LogP contribution in [0.25, 0.3) is 23.0 Å². The van der Waals surface area contributed by atoms with Gasteiger partial charge in [0.2, 0.25) is 0 Å². The zero-order chi connectivity index (χ0) is 25.3. The van der Waals surface area contributed by atoms with E-state index in [1.54, 1.807) is 10.8 Å². The standard InChI is InChI=1S/C29H32N4O3/c1-3-4-14-35-25-12-13-27(21(2)16-25)28-23(20-33(32-28)24-9-6-5-7-10-24)17-22(18-30)29(34)31-19-26-11-8-15-36-26/h5-7,9-10,12-13,16-17,20,26H,3-4,8,11,14-15,19H2,1-2H3,(H,31,34)/b22-17-/t26-/m0/s1. The van der Waals surface area contributed by atoms with Gasteiger partial charge >= 0.3 is 0 Å². The van der Waals surface area contributed by atoms with Gasteiger partial charge in [0.25, 0.3) is 5.91 Å². The van der Waals surface area contributed by atoms with Crippen molar-refractivity contribution in [1.82, 2.24) is 15.1 Å². The summed E-state index contributed by atoms with van der Waals surface area (Å²) in [6, 6.07) is 17.7. The summed E-state index contributed by atoms with van der Waals surface area (Å²) in [6.45, 7) is 5.93. The molecule has 186 valence electrons. The number of nitrogens with zero attached hydrogens (tertiary/aromatic N) is 3. The molecule has 1 saturated heterocycles. The summed E-state index contributed by atoms with van der Waals surface area (Å²) in [5.74, 6) is 0.401. The third-order valence-electron chi connectivity index (χ3n) is 6.16. The number of carbonyl (C=O) groups excluding carboxylic acids is 1. The second kappa shape index (κ2) is 12.2. The van der Waals surface area contributed by atoms with Crippen LogP contribution in [0.5, 0.6) is 5.75 Å². The van der Waals surface area contributed by atoms with Gasteiger partial charge in [-0.1, -0.05) is 31.5 Å². The highest BCUT2D eigenvalue weighted by Crippen LogP contribution is 2.31. The van der Waals surface area contributed by atoms with Gasteiger partial charge in [-0.15, -0.1) is 0 Å². The minimum atomic E-state index is -0.414. The van der Waals surface area contributed by atoms with Crippen molar-refractivity contribution in [2.24, 2.45) is 0 Å². The first kappa shape index (κ1) is 25.2. The van der Waals surface area contributed by atoms with Crippen molar-refractivity contribution >= 4 is 12.0 Å². The summed E-state index contributed by atoms with van der Waals surface area (Å²) < 4.78 is 13.2. The summed E-state index contributed by atoms with van der Waals surface area (Å²) in [7, 11) is 0. The van der Waals surface area contributed by atoms with E-state index < -0.39 is 5.91 Å².